The Morgan fingerprint density at radius 3 is 1.37 bits per heavy atom. The number of aryl methyl sites for hydroxylation is 6. The van der Waals surface area contributed by atoms with Crippen molar-refractivity contribution in [2.75, 3.05) is 9.80 Å². The topological polar surface area (TPSA) is 6.48 Å². The molecule has 0 amide bonds. The minimum atomic E-state index is -2.06. The van der Waals surface area contributed by atoms with Crippen molar-refractivity contribution < 1.29 is 0 Å². The van der Waals surface area contributed by atoms with Gasteiger partial charge in [-0.05, 0) is 146 Å². The normalized spacial score (nSPS) is 13.4. The van der Waals surface area contributed by atoms with Crippen LogP contribution in [0, 0.1) is 41.5 Å². The van der Waals surface area contributed by atoms with E-state index in [4.69, 9.17) is 0 Å². The van der Waals surface area contributed by atoms with Crippen LogP contribution >= 0.6 is 0 Å². The second-order valence-electron chi connectivity index (χ2n) is 18.8. The summed E-state index contributed by atoms with van der Waals surface area (Å²) in [6, 6.07) is 51.3. The molecular weight excluding hydrogens is 721 g/mol. The number of benzene rings is 7. The Kier molecular flexibility index (Phi) is 9.53. The summed E-state index contributed by atoms with van der Waals surface area (Å²) in [4.78, 5) is 5.06. The smallest absolute Gasteiger partial charge is 0.0579 e. The van der Waals surface area contributed by atoms with E-state index in [-0.39, 0.29) is 4.66 Å². The lowest BCUT2D eigenvalue weighted by Gasteiger charge is -2.51. The highest BCUT2D eigenvalue weighted by atomic mass is 28.4. The van der Waals surface area contributed by atoms with E-state index in [0.29, 0.717) is 0 Å². The second kappa shape index (κ2) is 14.0. The van der Waals surface area contributed by atoms with Gasteiger partial charge in [-0.3, -0.25) is 0 Å². The van der Waals surface area contributed by atoms with E-state index in [0.717, 1.165) is 0 Å². The lowest BCUT2D eigenvalue weighted by molar-refractivity contribution is 0.951. The summed E-state index contributed by atoms with van der Waals surface area (Å²) in [5, 5.41) is 2.62. The standard InChI is InChI=1S/C53H58N2Si2/c1-35-19-25-41(26-20-35)54(49-31-37(3)17-23-39(49)5)43-29-30-46-47(33-43)53(56(7,8)9,57(10,11)12)48-34-51(44-15-13-14-16-45(44)52(46)48)55(42-27-21-36(2)22-28-42)50-32-38(4)18-24-40(50)6/h13-34H,1-12H3. The largest absolute Gasteiger partial charge is 0.310 e. The highest BCUT2D eigenvalue weighted by molar-refractivity contribution is 6.99. The molecule has 0 radical (unpaired) electrons. The molecule has 0 bridgehead atoms. The van der Waals surface area contributed by atoms with Crippen LogP contribution in [0.2, 0.25) is 39.3 Å². The fourth-order valence-electron chi connectivity index (χ4n) is 10.4. The van der Waals surface area contributed by atoms with E-state index < -0.39 is 16.1 Å². The Bertz CT molecular complexity index is 2640. The van der Waals surface area contributed by atoms with Crippen molar-refractivity contribution in [3.63, 3.8) is 0 Å². The fraction of sp³-hybridized carbons (Fsp3) is 0.245. The molecule has 0 aromatic heterocycles. The van der Waals surface area contributed by atoms with Crippen LogP contribution < -0.4 is 9.80 Å². The molecule has 1 aliphatic rings. The summed E-state index contributed by atoms with van der Waals surface area (Å²) in [7, 11) is -4.12. The van der Waals surface area contributed by atoms with E-state index in [1.807, 2.05) is 0 Å². The van der Waals surface area contributed by atoms with Crippen molar-refractivity contribution >= 4 is 61.0 Å². The third-order valence-electron chi connectivity index (χ3n) is 12.6. The van der Waals surface area contributed by atoms with Crippen molar-refractivity contribution in [2.45, 2.75) is 85.5 Å². The molecule has 0 aliphatic heterocycles. The Labute approximate surface area is 343 Å². The zero-order valence-electron chi connectivity index (χ0n) is 36.1. The molecule has 0 saturated heterocycles. The molecule has 288 valence electrons. The third kappa shape index (κ3) is 6.29. The van der Waals surface area contributed by atoms with Crippen LogP contribution in [0.5, 0.6) is 0 Å². The number of hydrogen-bond donors (Lipinski definition) is 0. The maximum Gasteiger partial charge on any atom is 0.0579 e. The first kappa shape index (κ1) is 38.7. The van der Waals surface area contributed by atoms with Crippen LogP contribution in [0.3, 0.4) is 0 Å². The molecule has 0 heterocycles. The molecule has 0 spiro atoms. The summed E-state index contributed by atoms with van der Waals surface area (Å²) in [6.07, 6.45) is 0. The van der Waals surface area contributed by atoms with E-state index in [1.54, 1.807) is 0 Å². The third-order valence-corrected chi connectivity index (χ3v) is 22.7. The summed E-state index contributed by atoms with van der Waals surface area (Å²) in [5.41, 5.74) is 20.8. The quantitative estimate of drug-likeness (QED) is 0.142. The van der Waals surface area contributed by atoms with Gasteiger partial charge in [-0.1, -0.05) is 129 Å². The Hall–Kier alpha value is -5.17. The highest BCUT2D eigenvalue weighted by Crippen LogP contribution is 2.62. The molecule has 0 atom stereocenters. The predicted molar refractivity (Wildman–Crippen MR) is 255 cm³/mol. The van der Waals surface area contributed by atoms with E-state index in [9.17, 15) is 0 Å². The summed E-state index contributed by atoms with van der Waals surface area (Å²) in [5.74, 6) is 0. The molecule has 0 saturated carbocycles. The van der Waals surface area contributed by atoms with Crippen LogP contribution in [-0.2, 0) is 4.66 Å². The van der Waals surface area contributed by atoms with Crippen LogP contribution in [0.15, 0.2) is 133 Å². The maximum atomic E-state index is 2.65. The Morgan fingerprint density at radius 2 is 0.842 bits per heavy atom. The number of anilines is 6. The molecule has 7 aromatic carbocycles. The molecule has 57 heavy (non-hydrogen) atoms. The molecule has 2 nitrogen and oxygen atoms in total. The summed E-state index contributed by atoms with van der Waals surface area (Å²) in [6.45, 7) is 29.1. The minimum absolute atomic E-state index is 0.0827. The molecule has 4 heteroatoms. The molecule has 0 unspecified atom stereocenters. The minimum Gasteiger partial charge on any atom is -0.310 e. The van der Waals surface area contributed by atoms with Crippen LogP contribution in [0.25, 0.3) is 21.9 Å². The first-order chi connectivity index (χ1) is 27.0. The number of nitrogens with zero attached hydrogens (tertiary/aromatic N) is 2. The summed E-state index contributed by atoms with van der Waals surface area (Å²) < 4.78 is -0.0827. The molecule has 1 aliphatic carbocycles. The van der Waals surface area contributed by atoms with Gasteiger partial charge in [-0.25, -0.2) is 0 Å². The molecule has 0 N–H and O–H groups in total. The van der Waals surface area contributed by atoms with E-state index >= 15 is 0 Å². The zero-order chi connectivity index (χ0) is 40.6. The fourth-order valence-corrected chi connectivity index (χ4v) is 23.4. The molecule has 0 fully saturated rings. The molecular formula is C53H58N2Si2. The average Bonchev–Trinajstić information content (AvgIpc) is 3.47. The lowest BCUT2D eigenvalue weighted by atomic mass is 9.95. The first-order valence-corrected chi connectivity index (χ1v) is 27.6. The SMILES string of the molecule is Cc1ccc(N(c2ccc3c(c2)C([Si](C)(C)C)([Si](C)(C)C)c2cc(N(c4ccc(C)cc4)c4cc(C)ccc4C)c4ccccc4c2-3)c2cc(C)ccc2C)cc1. The number of rotatable bonds is 8. The Morgan fingerprint density at radius 1 is 0.386 bits per heavy atom. The second-order valence-corrected chi connectivity index (χ2v) is 29.8. The van der Waals surface area contributed by atoms with Gasteiger partial charge in [0.1, 0.15) is 0 Å². The number of hydrogen-bond acceptors (Lipinski definition) is 2. The van der Waals surface area contributed by atoms with Gasteiger partial charge >= 0.3 is 0 Å². The van der Waals surface area contributed by atoms with Gasteiger partial charge in [0, 0.05) is 38.5 Å². The van der Waals surface area contributed by atoms with Crippen LogP contribution in [-0.4, -0.2) is 16.1 Å². The van der Waals surface area contributed by atoms with Crippen molar-refractivity contribution in [3.05, 3.63) is 178 Å². The van der Waals surface area contributed by atoms with Crippen molar-refractivity contribution in [1.82, 2.24) is 0 Å². The first-order valence-electron chi connectivity index (χ1n) is 20.6. The van der Waals surface area contributed by atoms with Crippen LogP contribution in [0.1, 0.15) is 44.5 Å². The van der Waals surface area contributed by atoms with Gasteiger partial charge in [0.15, 0.2) is 0 Å². The zero-order valence-corrected chi connectivity index (χ0v) is 38.1. The van der Waals surface area contributed by atoms with Gasteiger partial charge in [-0.15, -0.1) is 0 Å². The van der Waals surface area contributed by atoms with Gasteiger partial charge in [0.25, 0.3) is 0 Å². The predicted octanol–water partition coefficient (Wildman–Crippen LogP) is 15.7. The average molecular weight is 779 g/mol. The van der Waals surface area contributed by atoms with E-state index in [1.165, 1.54) is 101 Å². The van der Waals surface area contributed by atoms with Gasteiger partial charge < -0.3 is 9.80 Å². The lowest BCUT2D eigenvalue weighted by Crippen LogP contribution is -2.63. The van der Waals surface area contributed by atoms with Gasteiger partial charge in [-0.2, -0.15) is 0 Å². The molecule has 8 rings (SSSR count). The van der Waals surface area contributed by atoms with Gasteiger partial charge in [0.2, 0.25) is 0 Å². The summed E-state index contributed by atoms with van der Waals surface area (Å²) >= 11 is 0. The Balaban J connectivity index is 1.48. The van der Waals surface area contributed by atoms with Gasteiger partial charge in [0.05, 0.1) is 21.8 Å². The highest BCUT2D eigenvalue weighted by Gasteiger charge is 2.59. The number of fused-ring (bicyclic) bond motifs is 5. The monoisotopic (exact) mass is 778 g/mol. The van der Waals surface area contributed by atoms with Crippen LogP contribution in [0.4, 0.5) is 34.1 Å². The molecule has 7 aromatic rings. The van der Waals surface area contributed by atoms with Crippen molar-refractivity contribution in [3.8, 4) is 11.1 Å². The maximum absolute atomic E-state index is 2.65. The van der Waals surface area contributed by atoms with Crippen molar-refractivity contribution in [2.24, 2.45) is 0 Å². The van der Waals surface area contributed by atoms with Crippen molar-refractivity contribution in [1.29, 1.82) is 0 Å². The van der Waals surface area contributed by atoms with E-state index in [2.05, 4.69) is 224 Å².